The molecule has 0 fully saturated rings. The van der Waals surface area contributed by atoms with Gasteiger partial charge in [0, 0.05) is 11.4 Å². The average molecular weight is 273 g/mol. The largest absolute Gasteiger partial charge is 0.350 e. The Morgan fingerprint density at radius 1 is 1.20 bits per heavy atom. The molecule has 84 valence electrons. The maximum atomic E-state index is 4.33. The Morgan fingerprint density at radius 3 is 2.40 bits per heavy atom. The SMILES string of the molecule is Cc1nnc(NC(C)C(C)CBr)nc1C. The summed E-state index contributed by atoms with van der Waals surface area (Å²) in [6.45, 7) is 8.13. The van der Waals surface area contributed by atoms with Crippen LogP contribution in [0.2, 0.25) is 0 Å². The van der Waals surface area contributed by atoms with E-state index in [4.69, 9.17) is 0 Å². The zero-order valence-electron chi connectivity index (χ0n) is 9.58. The Kier molecular flexibility index (Phi) is 4.45. The summed E-state index contributed by atoms with van der Waals surface area (Å²) in [7, 11) is 0. The summed E-state index contributed by atoms with van der Waals surface area (Å²) in [5.41, 5.74) is 1.80. The summed E-state index contributed by atoms with van der Waals surface area (Å²) in [4.78, 5) is 4.33. The average Bonchev–Trinajstić information content (AvgIpc) is 2.22. The summed E-state index contributed by atoms with van der Waals surface area (Å²) in [6.07, 6.45) is 0. The molecule has 0 aliphatic heterocycles. The first-order valence-corrected chi connectivity index (χ1v) is 6.17. The van der Waals surface area contributed by atoms with Gasteiger partial charge >= 0.3 is 0 Å². The molecule has 0 bridgehead atoms. The third-order valence-electron chi connectivity index (χ3n) is 2.55. The van der Waals surface area contributed by atoms with E-state index >= 15 is 0 Å². The van der Waals surface area contributed by atoms with Gasteiger partial charge in [-0.05, 0) is 26.7 Å². The second kappa shape index (κ2) is 5.39. The Bertz CT molecular complexity index is 329. The van der Waals surface area contributed by atoms with E-state index < -0.39 is 0 Å². The molecule has 4 nitrogen and oxygen atoms in total. The second-order valence-corrected chi connectivity index (χ2v) is 4.52. The lowest BCUT2D eigenvalue weighted by molar-refractivity contribution is 0.566. The van der Waals surface area contributed by atoms with Gasteiger partial charge < -0.3 is 5.32 Å². The zero-order valence-corrected chi connectivity index (χ0v) is 11.2. The lowest BCUT2D eigenvalue weighted by atomic mass is 10.1. The van der Waals surface area contributed by atoms with Gasteiger partial charge in [-0.15, -0.1) is 5.10 Å². The minimum Gasteiger partial charge on any atom is -0.350 e. The number of nitrogens with zero attached hydrogens (tertiary/aromatic N) is 3. The van der Waals surface area contributed by atoms with Crippen molar-refractivity contribution in [2.75, 3.05) is 10.6 Å². The number of hydrogen-bond acceptors (Lipinski definition) is 4. The molecule has 2 unspecified atom stereocenters. The summed E-state index contributed by atoms with van der Waals surface area (Å²) >= 11 is 3.46. The van der Waals surface area contributed by atoms with E-state index in [-0.39, 0.29) is 0 Å². The lowest BCUT2D eigenvalue weighted by Gasteiger charge is -2.18. The standard InChI is InChI=1S/C10H17BrN4/c1-6(5-11)7(2)12-10-13-8(3)9(4)14-15-10/h6-7H,5H2,1-4H3,(H,12,13,15). The maximum absolute atomic E-state index is 4.33. The summed E-state index contributed by atoms with van der Waals surface area (Å²) < 4.78 is 0. The molecule has 0 aliphatic rings. The highest BCUT2D eigenvalue weighted by molar-refractivity contribution is 9.09. The molecular weight excluding hydrogens is 256 g/mol. The number of hydrogen-bond donors (Lipinski definition) is 1. The highest BCUT2D eigenvalue weighted by Gasteiger charge is 2.12. The molecule has 1 N–H and O–H groups in total. The van der Waals surface area contributed by atoms with E-state index in [9.17, 15) is 0 Å². The van der Waals surface area contributed by atoms with Crippen LogP contribution >= 0.6 is 15.9 Å². The van der Waals surface area contributed by atoms with Crippen LogP contribution in [-0.4, -0.2) is 26.6 Å². The quantitative estimate of drug-likeness (QED) is 0.855. The smallest absolute Gasteiger partial charge is 0.243 e. The molecule has 0 saturated heterocycles. The van der Waals surface area contributed by atoms with E-state index in [0.29, 0.717) is 17.9 Å². The number of halogens is 1. The van der Waals surface area contributed by atoms with Crippen LogP contribution in [-0.2, 0) is 0 Å². The second-order valence-electron chi connectivity index (χ2n) is 3.87. The molecule has 1 aromatic rings. The van der Waals surface area contributed by atoms with Gasteiger partial charge in [0.15, 0.2) is 0 Å². The maximum Gasteiger partial charge on any atom is 0.243 e. The molecule has 0 saturated carbocycles. The molecule has 0 aromatic carbocycles. The van der Waals surface area contributed by atoms with Crippen LogP contribution < -0.4 is 5.32 Å². The Labute approximate surface area is 99.0 Å². The van der Waals surface area contributed by atoms with Crippen LogP contribution in [0.5, 0.6) is 0 Å². The third-order valence-corrected chi connectivity index (χ3v) is 3.57. The number of aromatic nitrogens is 3. The normalized spacial score (nSPS) is 14.7. The Balaban J connectivity index is 2.68. The van der Waals surface area contributed by atoms with Gasteiger partial charge in [0.05, 0.1) is 11.4 Å². The van der Waals surface area contributed by atoms with Crippen LogP contribution in [0, 0.1) is 19.8 Å². The molecule has 1 heterocycles. The summed E-state index contributed by atoms with van der Waals surface area (Å²) in [5, 5.41) is 12.2. The van der Waals surface area contributed by atoms with Crippen molar-refractivity contribution < 1.29 is 0 Å². The topological polar surface area (TPSA) is 50.7 Å². The van der Waals surface area contributed by atoms with Crippen molar-refractivity contribution in [1.29, 1.82) is 0 Å². The van der Waals surface area contributed by atoms with Crippen molar-refractivity contribution >= 4 is 21.9 Å². The highest BCUT2D eigenvalue weighted by Crippen LogP contribution is 2.11. The minimum absolute atomic E-state index is 0.327. The fraction of sp³-hybridized carbons (Fsp3) is 0.700. The molecule has 15 heavy (non-hydrogen) atoms. The number of anilines is 1. The van der Waals surface area contributed by atoms with E-state index in [1.165, 1.54) is 0 Å². The monoisotopic (exact) mass is 272 g/mol. The molecule has 0 aliphatic carbocycles. The van der Waals surface area contributed by atoms with Crippen molar-refractivity contribution in [2.45, 2.75) is 33.7 Å². The third kappa shape index (κ3) is 3.41. The van der Waals surface area contributed by atoms with E-state index in [1.54, 1.807) is 0 Å². The molecular formula is C10H17BrN4. The lowest BCUT2D eigenvalue weighted by Crippen LogP contribution is -2.26. The van der Waals surface area contributed by atoms with Gasteiger partial charge in [0.2, 0.25) is 5.95 Å². The Hall–Kier alpha value is -0.710. The fourth-order valence-corrected chi connectivity index (χ4v) is 1.56. The molecule has 1 aromatic heterocycles. The van der Waals surface area contributed by atoms with Gasteiger partial charge in [0.1, 0.15) is 0 Å². The summed E-state index contributed by atoms with van der Waals surface area (Å²) in [6, 6.07) is 0.327. The molecule has 5 heteroatoms. The van der Waals surface area contributed by atoms with Crippen molar-refractivity contribution in [3.8, 4) is 0 Å². The Morgan fingerprint density at radius 2 is 1.87 bits per heavy atom. The van der Waals surface area contributed by atoms with Crippen LogP contribution in [0.3, 0.4) is 0 Å². The summed E-state index contributed by atoms with van der Waals surface area (Å²) in [5.74, 6) is 1.13. The zero-order chi connectivity index (χ0) is 11.4. The predicted molar refractivity (Wildman–Crippen MR) is 65.3 cm³/mol. The van der Waals surface area contributed by atoms with Crippen molar-refractivity contribution in [1.82, 2.24) is 15.2 Å². The van der Waals surface area contributed by atoms with Gasteiger partial charge in [-0.2, -0.15) is 5.10 Å². The van der Waals surface area contributed by atoms with E-state index in [1.807, 2.05) is 13.8 Å². The van der Waals surface area contributed by atoms with Crippen molar-refractivity contribution in [3.05, 3.63) is 11.4 Å². The first kappa shape index (κ1) is 12.4. The number of nitrogens with one attached hydrogen (secondary N) is 1. The van der Waals surface area contributed by atoms with Crippen LogP contribution in [0.25, 0.3) is 0 Å². The van der Waals surface area contributed by atoms with Gasteiger partial charge in [-0.25, -0.2) is 4.98 Å². The van der Waals surface area contributed by atoms with Gasteiger partial charge in [-0.1, -0.05) is 22.9 Å². The van der Waals surface area contributed by atoms with E-state index in [2.05, 4.69) is 50.3 Å². The number of aryl methyl sites for hydroxylation is 2. The molecule has 0 radical (unpaired) electrons. The molecule has 1 rings (SSSR count). The van der Waals surface area contributed by atoms with Gasteiger partial charge in [-0.3, -0.25) is 0 Å². The number of rotatable bonds is 4. The fourth-order valence-electron chi connectivity index (χ4n) is 0.998. The first-order valence-electron chi connectivity index (χ1n) is 5.05. The van der Waals surface area contributed by atoms with Gasteiger partial charge in [0.25, 0.3) is 0 Å². The highest BCUT2D eigenvalue weighted by atomic mass is 79.9. The molecule has 2 atom stereocenters. The van der Waals surface area contributed by atoms with Crippen molar-refractivity contribution in [3.63, 3.8) is 0 Å². The van der Waals surface area contributed by atoms with Crippen LogP contribution in [0.15, 0.2) is 0 Å². The molecule has 0 amide bonds. The predicted octanol–water partition coefficient (Wildman–Crippen LogP) is 2.32. The van der Waals surface area contributed by atoms with Crippen LogP contribution in [0.1, 0.15) is 25.2 Å². The first-order chi connectivity index (χ1) is 7.04. The minimum atomic E-state index is 0.327. The molecule has 0 spiro atoms. The van der Waals surface area contributed by atoms with Crippen LogP contribution in [0.4, 0.5) is 5.95 Å². The number of alkyl halides is 1. The van der Waals surface area contributed by atoms with E-state index in [0.717, 1.165) is 16.7 Å². The van der Waals surface area contributed by atoms with Crippen molar-refractivity contribution in [2.24, 2.45) is 5.92 Å².